The molecule has 7 heteroatoms. The normalized spacial score (nSPS) is 19.9. The van der Waals surface area contributed by atoms with Crippen LogP contribution >= 0.6 is 0 Å². The fraction of sp³-hybridized carbons (Fsp3) is 0.320. The van der Waals surface area contributed by atoms with Gasteiger partial charge in [-0.3, -0.25) is 9.59 Å². The Labute approximate surface area is 187 Å². The van der Waals surface area contributed by atoms with Gasteiger partial charge in [0.2, 0.25) is 0 Å². The third-order valence-corrected chi connectivity index (χ3v) is 5.93. The van der Waals surface area contributed by atoms with Crippen LogP contribution in [0.3, 0.4) is 0 Å². The van der Waals surface area contributed by atoms with Gasteiger partial charge in [0.25, 0.3) is 5.91 Å². The van der Waals surface area contributed by atoms with Crippen molar-refractivity contribution >= 4 is 17.5 Å². The van der Waals surface area contributed by atoms with E-state index in [1.54, 1.807) is 36.5 Å². The minimum Gasteiger partial charge on any atom is -0.504 e. The molecule has 166 valence electrons. The average Bonchev–Trinajstić information content (AvgIpc) is 2.72. The van der Waals surface area contributed by atoms with E-state index in [9.17, 15) is 14.7 Å². The largest absolute Gasteiger partial charge is 0.504 e. The van der Waals surface area contributed by atoms with Crippen molar-refractivity contribution in [3.05, 3.63) is 70.7 Å². The number of anilines is 1. The standard InChI is InChI=1S/C25H27N3O4/c1-14-21(24(31)28-20-7-5-6-10-26-20)22(15-8-9-17(29)19(11-15)32-4)23-16(27-14)12-25(2,3)13-18(23)30/h5-11,22,27,29H,12-13H2,1-4H3,(H,26,28,31)/t22-/m0/s1. The molecule has 0 spiro atoms. The van der Waals surface area contributed by atoms with Gasteiger partial charge in [-0.1, -0.05) is 26.0 Å². The minimum atomic E-state index is -0.590. The number of phenols is 1. The lowest BCUT2D eigenvalue weighted by Gasteiger charge is -2.39. The van der Waals surface area contributed by atoms with Crippen molar-refractivity contribution < 1.29 is 19.4 Å². The predicted molar refractivity (Wildman–Crippen MR) is 121 cm³/mol. The number of nitrogens with one attached hydrogen (secondary N) is 2. The number of pyridine rings is 1. The molecule has 1 aromatic carbocycles. The highest BCUT2D eigenvalue weighted by molar-refractivity contribution is 6.09. The number of ether oxygens (including phenoxy) is 1. The van der Waals surface area contributed by atoms with Gasteiger partial charge in [0, 0.05) is 41.1 Å². The number of rotatable bonds is 4. The van der Waals surface area contributed by atoms with Crippen LogP contribution < -0.4 is 15.4 Å². The van der Waals surface area contributed by atoms with Crippen LogP contribution in [-0.2, 0) is 9.59 Å². The van der Waals surface area contributed by atoms with Crippen LogP contribution in [0.2, 0.25) is 0 Å². The van der Waals surface area contributed by atoms with Crippen LogP contribution in [0.5, 0.6) is 11.5 Å². The van der Waals surface area contributed by atoms with Crippen molar-refractivity contribution in [1.29, 1.82) is 0 Å². The molecule has 2 aromatic rings. The maximum absolute atomic E-state index is 13.4. The van der Waals surface area contributed by atoms with E-state index < -0.39 is 5.92 Å². The number of amides is 1. The van der Waals surface area contributed by atoms with Gasteiger partial charge < -0.3 is 20.5 Å². The maximum atomic E-state index is 13.4. The lowest BCUT2D eigenvalue weighted by atomic mass is 9.68. The number of methoxy groups -OCH3 is 1. The first-order chi connectivity index (χ1) is 15.2. The van der Waals surface area contributed by atoms with Gasteiger partial charge in [-0.25, -0.2) is 4.98 Å². The Balaban J connectivity index is 1.84. The highest BCUT2D eigenvalue weighted by atomic mass is 16.5. The number of hydrogen-bond donors (Lipinski definition) is 3. The SMILES string of the molecule is COc1cc([C@H]2C(C(=O)Nc3ccccn3)=C(C)NC3=C2C(=O)CC(C)(C)C3)ccc1O. The van der Waals surface area contributed by atoms with E-state index >= 15 is 0 Å². The van der Waals surface area contributed by atoms with Crippen LogP contribution in [-0.4, -0.2) is 28.9 Å². The Morgan fingerprint density at radius 3 is 2.72 bits per heavy atom. The van der Waals surface area contributed by atoms with Gasteiger partial charge in [-0.2, -0.15) is 0 Å². The van der Waals surface area contributed by atoms with Gasteiger partial charge in [0.05, 0.1) is 7.11 Å². The summed E-state index contributed by atoms with van der Waals surface area (Å²) in [5.74, 6) is -0.209. The molecule has 0 unspecified atom stereocenters. The highest BCUT2D eigenvalue weighted by Crippen LogP contribution is 2.47. The summed E-state index contributed by atoms with van der Waals surface area (Å²) in [4.78, 5) is 30.9. The second kappa shape index (κ2) is 8.15. The Morgan fingerprint density at radius 1 is 1.25 bits per heavy atom. The number of Topliss-reactive ketones (excluding diaryl/α,β-unsaturated/α-hetero) is 1. The van der Waals surface area contributed by atoms with E-state index in [0.717, 1.165) is 5.70 Å². The molecule has 1 aromatic heterocycles. The van der Waals surface area contributed by atoms with Crippen molar-refractivity contribution in [2.75, 3.05) is 12.4 Å². The molecule has 1 aliphatic carbocycles. The van der Waals surface area contributed by atoms with E-state index in [2.05, 4.69) is 29.5 Å². The second-order valence-electron chi connectivity index (χ2n) is 9.03. The zero-order chi connectivity index (χ0) is 23.0. The van der Waals surface area contributed by atoms with Gasteiger partial charge >= 0.3 is 0 Å². The van der Waals surface area contributed by atoms with E-state index in [4.69, 9.17) is 4.74 Å². The Kier molecular flexibility index (Phi) is 5.50. The summed E-state index contributed by atoms with van der Waals surface area (Å²) in [6, 6.07) is 10.2. The number of aromatic hydroxyl groups is 1. The Bertz CT molecular complexity index is 1150. The number of carbonyl (C=O) groups is 2. The first kappa shape index (κ1) is 21.6. The smallest absolute Gasteiger partial charge is 0.255 e. The maximum Gasteiger partial charge on any atom is 0.255 e. The Hall–Kier alpha value is -3.61. The van der Waals surface area contributed by atoms with E-state index in [-0.39, 0.29) is 28.6 Å². The molecular weight excluding hydrogens is 406 g/mol. The molecule has 0 saturated carbocycles. The van der Waals surface area contributed by atoms with Crippen molar-refractivity contribution in [3.8, 4) is 11.5 Å². The van der Waals surface area contributed by atoms with Crippen molar-refractivity contribution in [2.24, 2.45) is 5.41 Å². The molecule has 32 heavy (non-hydrogen) atoms. The number of dihydropyridines is 1. The number of benzene rings is 1. The van der Waals surface area contributed by atoms with E-state index in [1.807, 2.05) is 6.92 Å². The van der Waals surface area contributed by atoms with Crippen molar-refractivity contribution in [2.45, 2.75) is 39.5 Å². The van der Waals surface area contributed by atoms with Crippen molar-refractivity contribution in [1.82, 2.24) is 10.3 Å². The second-order valence-corrected chi connectivity index (χ2v) is 9.03. The number of allylic oxidation sites excluding steroid dienone is 3. The quantitative estimate of drug-likeness (QED) is 0.673. The summed E-state index contributed by atoms with van der Waals surface area (Å²) in [6.07, 6.45) is 2.70. The van der Waals surface area contributed by atoms with Gasteiger partial charge in [0.1, 0.15) is 5.82 Å². The molecule has 1 amide bonds. The third-order valence-electron chi connectivity index (χ3n) is 5.93. The average molecular weight is 434 g/mol. The molecule has 1 atom stereocenters. The van der Waals surface area contributed by atoms with Crippen LogP contribution in [0.4, 0.5) is 5.82 Å². The summed E-state index contributed by atoms with van der Waals surface area (Å²) in [7, 11) is 1.47. The lowest BCUT2D eigenvalue weighted by molar-refractivity contribution is -0.118. The Morgan fingerprint density at radius 2 is 2.03 bits per heavy atom. The molecule has 3 N–H and O–H groups in total. The number of aromatic nitrogens is 1. The van der Waals surface area contributed by atoms with Crippen LogP contribution in [0.15, 0.2) is 65.1 Å². The third kappa shape index (κ3) is 3.98. The number of hydrogen-bond acceptors (Lipinski definition) is 6. The zero-order valence-electron chi connectivity index (χ0n) is 18.7. The van der Waals surface area contributed by atoms with Gasteiger partial charge in [0.15, 0.2) is 17.3 Å². The summed E-state index contributed by atoms with van der Waals surface area (Å²) in [6.45, 7) is 5.97. The van der Waals surface area contributed by atoms with Gasteiger partial charge in [-0.05, 0) is 48.6 Å². The number of nitrogens with zero attached hydrogens (tertiary/aromatic N) is 1. The fourth-order valence-corrected chi connectivity index (χ4v) is 4.56. The van der Waals surface area contributed by atoms with Crippen LogP contribution in [0.25, 0.3) is 0 Å². The molecule has 1 aliphatic heterocycles. The molecule has 0 fully saturated rings. The van der Waals surface area contributed by atoms with E-state index in [0.29, 0.717) is 41.1 Å². The summed E-state index contributed by atoms with van der Waals surface area (Å²) < 4.78 is 5.30. The molecule has 2 heterocycles. The highest BCUT2D eigenvalue weighted by Gasteiger charge is 2.42. The number of carbonyl (C=O) groups excluding carboxylic acids is 2. The zero-order valence-corrected chi connectivity index (χ0v) is 18.7. The molecule has 2 aliphatic rings. The molecule has 4 rings (SSSR count). The molecule has 0 radical (unpaired) electrons. The monoisotopic (exact) mass is 433 g/mol. The minimum absolute atomic E-state index is 0.00400. The lowest BCUT2D eigenvalue weighted by Crippen LogP contribution is -2.39. The summed E-state index contributed by atoms with van der Waals surface area (Å²) >= 11 is 0. The molecule has 0 saturated heterocycles. The molecule has 7 nitrogen and oxygen atoms in total. The number of ketones is 1. The van der Waals surface area contributed by atoms with Crippen molar-refractivity contribution in [3.63, 3.8) is 0 Å². The number of phenolic OH excluding ortho intramolecular Hbond substituents is 1. The fourth-order valence-electron chi connectivity index (χ4n) is 4.56. The molecule has 0 bridgehead atoms. The summed E-state index contributed by atoms with van der Waals surface area (Å²) in [5, 5.41) is 16.3. The predicted octanol–water partition coefficient (Wildman–Crippen LogP) is 4.04. The first-order valence-corrected chi connectivity index (χ1v) is 10.5. The summed E-state index contributed by atoms with van der Waals surface area (Å²) in [5.41, 5.74) is 3.08. The van der Waals surface area contributed by atoms with Gasteiger partial charge in [-0.15, -0.1) is 0 Å². The molecular formula is C25H27N3O4. The van der Waals surface area contributed by atoms with E-state index in [1.165, 1.54) is 13.2 Å². The van der Waals surface area contributed by atoms with Crippen LogP contribution in [0, 0.1) is 5.41 Å². The first-order valence-electron chi connectivity index (χ1n) is 10.5. The topological polar surface area (TPSA) is 101 Å². The van der Waals surface area contributed by atoms with Crippen LogP contribution in [0.1, 0.15) is 45.1 Å².